The summed E-state index contributed by atoms with van der Waals surface area (Å²) in [5, 5.41) is 3.27. The Labute approximate surface area is 74.1 Å². The Morgan fingerprint density at radius 3 is 3.08 bits per heavy atom. The van der Waals surface area contributed by atoms with Gasteiger partial charge < -0.3 is 10.2 Å². The number of nitrogens with one attached hydrogen (secondary N) is 1. The van der Waals surface area contributed by atoms with E-state index < -0.39 is 0 Å². The van der Waals surface area contributed by atoms with Gasteiger partial charge in [-0.15, -0.1) is 0 Å². The Kier molecular flexibility index (Phi) is 3.53. The Hall–Kier alpha value is -0.570. The number of amides is 1. The van der Waals surface area contributed by atoms with Gasteiger partial charge in [0.2, 0.25) is 5.91 Å². The summed E-state index contributed by atoms with van der Waals surface area (Å²) in [7, 11) is 1.89. The molecule has 1 heterocycles. The fourth-order valence-corrected chi connectivity index (χ4v) is 1.57. The smallest absolute Gasteiger partial charge is 0.239 e. The topological polar surface area (TPSA) is 32.3 Å². The number of hydrogen-bond acceptors (Lipinski definition) is 2. The van der Waals surface area contributed by atoms with Gasteiger partial charge in [-0.2, -0.15) is 0 Å². The molecule has 1 amide bonds. The van der Waals surface area contributed by atoms with Gasteiger partial charge in [-0.1, -0.05) is 13.3 Å². The van der Waals surface area contributed by atoms with Crippen molar-refractivity contribution in [2.45, 2.75) is 32.2 Å². The van der Waals surface area contributed by atoms with Crippen LogP contribution in [0.4, 0.5) is 0 Å². The van der Waals surface area contributed by atoms with Crippen molar-refractivity contribution >= 4 is 5.91 Å². The molecular weight excluding hydrogens is 152 g/mol. The number of carbonyl (C=O) groups excluding carboxylic acids is 1. The Morgan fingerprint density at radius 2 is 2.42 bits per heavy atom. The fraction of sp³-hybridized carbons (Fsp3) is 0.889. The second-order valence-corrected chi connectivity index (χ2v) is 3.41. The van der Waals surface area contributed by atoms with Crippen molar-refractivity contribution in [3.05, 3.63) is 0 Å². The molecule has 0 bridgehead atoms. The first-order valence-electron chi connectivity index (χ1n) is 4.74. The highest BCUT2D eigenvalue weighted by Gasteiger charge is 2.22. The zero-order chi connectivity index (χ0) is 8.97. The zero-order valence-electron chi connectivity index (χ0n) is 7.97. The molecule has 1 fully saturated rings. The molecule has 0 spiro atoms. The van der Waals surface area contributed by atoms with E-state index in [0.717, 1.165) is 32.4 Å². The predicted molar refractivity (Wildman–Crippen MR) is 49.0 cm³/mol. The van der Waals surface area contributed by atoms with Gasteiger partial charge in [-0.05, 0) is 19.4 Å². The number of carbonyl (C=O) groups is 1. The van der Waals surface area contributed by atoms with Gasteiger partial charge in [0.05, 0.1) is 6.04 Å². The van der Waals surface area contributed by atoms with Gasteiger partial charge in [0, 0.05) is 13.6 Å². The van der Waals surface area contributed by atoms with E-state index in [9.17, 15) is 4.79 Å². The van der Waals surface area contributed by atoms with Crippen LogP contribution in [-0.4, -0.2) is 37.0 Å². The summed E-state index contributed by atoms with van der Waals surface area (Å²) >= 11 is 0. The van der Waals surface area contributed by atoms with Crippen molar-refractivity contribution in [1.82, 2.24) is 10.2 Å². The van der Waals surface area contributed by atoms with E-state index in [1.807, 2.05) is 11.9 Å². The Balaban J connectivity index is 2.52. The van der Waals surface area contributed by atoms with Crippen LogP contribution in [0.3, 0.4) is 0 Å². The molecule has 0 aromatic carbocycles. The van der Waals surface area contributed by atoms with Crippen molar-refractivity contribution in [2.24, 2.45) is 0 Å². The molecule has 0 aromatic rings. The molecule has 1 N–H and O–H groups in total. The lowest BCUT2D eigenvalue weighted by Gasteiger charge is -2.19. The van der Waals surface area contributed by atoms with E-state index in [-0.39, 0.29) is 11.9 Å². The van der Waals surface area contributed by atoms with E-state index in [4.69, 9.17) is 0 Å². The van der Waals surface area contributed by atoms with Gasteiger partial charge in [0.1, 0.15) is 0 Å². The molecule has 3 nitrogen and oxygen atoms in total. The molecule has 1 unspecified atom stereocenters. The van der Waals surface area contributed by atoms with Gasteiger partial charge in [0.25, 0.3) is 0 Å². The molecule has 1 aliphatic rings. The van der Waals surface area contributed by atoms with E-state index in [1.165, 1.54) is 0 Å². The molecule has 1 atom stereocenters. The zero-order valence-corrected chi connectivity index (χ0v) is 7.97. The molecule has 12 heavy (non-hydrogen) atoms. The minimum atomic E-state index is 0.0718. The van der Waals surface area contributed by atoms with Crippen LogP contribution in [0, 0.1) is 0 Å². The summed E-state index contributed by atoms with van der Waals surface area (Å²) < 4.78 is 0. The van der Waals surface area contributed by atoms with Crippen molar-refractivity contribution in [3.63, 3.8) is 0 Å². The molecule has 1 aliphatic heterocycles. The first-order valence-corrected chi connectivity index (χ1v) is 4.74. The molecule has 0 aliphatic carbocycles. The summed E-state index contributed by atoms with van der Waals surface area (Å²) in [6.45, 7) is 3.98. The van der Waals surface area contributed by atoms with Crippen LogP contribution in [0.15, 0.2) is 0 Å². The maximum Gasteiger partial charge on any atom is 0.239 e. The number of rotatable bonds is 2. The second-order valence-electron chi connectivity index (χ2n) is 3.41. The molecular formula is C9H18N2O. The number of likely N-dealkylation sites (N-methyl/N-ethyl adjacent to an activating group) is 1. The average Bonchev–Trinajstić information content (AvgIpc) is 2.20. The van der Waals surface area contributed by atoms with Gasteiger partial charge in [0.15, 0.2) is 0 Å². The number of hydrogen-bond donors (Lipinski definition) is 1. The Morgan fingerprint density at radius 1 is 1.67 bits per heavy atom. The van der Waals surface area contributed by atoms with Crippen molar-refractivity contribution in [1.29, 1.82) is 0 Å². The Bertz CT molecular complexity index is 159. The highest BCUT2D eigenvalue weighted by atomic mass is 16.2. The summed E-state index contributed by atoms with van der Waals surface area (Å²) in [6.07, 6.45) is 3.10. The largest absolute Gasteiger partial charge is 0.344 e. The van der Waals surface area contributed by atoms with E-state index in [1.54, 1.807) is 0 Å². The fourth-order valence-electron chi connectivity index (χ4n) is 1.57. The lowest BCUT2D eigenvalue weighted by atomic mass is 10.1. The van der Waals surface area contributed by atoms with Crippen LogP contribution < -0.4 is 5.32 Å². The molecule has 3 heteroatoms. The van der Waals surface area contributed by atoms with Gasteiger partial charge in [-0.25, -0.2) is 0 Å². The van der Waals surface area contributed by atoms with Crippen molar-refractivity contribution < 1.29 is 4.79 Å². The minimum Gasteiger partial charge on any atom is -0.344 e. The SMILES string of the molecule is CCCC1NCCCN(C)C1=O. The molecule has 70 valence electrons. The van der Waals surface area contributed by atoms with Crippen LogP contribution in [0.5, 0.6) is 0 Å². The second kappa shape index (κ2) is 4.45. The molecule has 0 radical (unpaired) electrons. The maximum absolute atomic E-state index is 11.6. The molecule has 1 saturated heterocycles. The summed E-state index contributed by atoms with van der Waals surface area (Å²) in [5.41, 5.74) is 0. The lowest BCUT2D eigenvalue weighted by Crippen LogP contribution is -2.41. The van der Waals surface area contributed by atoms with E-state index in [2.05, 4.69) is 12.2 Å². The monoisotopic (exact) mass is 170 g/mol. The third-order valence-electron chi connectivity index (χ3n) is 2.31. The number of nitrogens with zero attached hydrogens (tertiary/aromatic N) is 1. The normalized spacial score (nSPS) is 25.7. The van der Waals surface area contributed by atoms with Crippen LogP contribution in [0.2, 0.25) is 0 Å². The first kappa shape index (κ1) is 9.52. The minimum absolute atomic E-state index is 0.0718. The average molecular weight is 170 g/mol. The van der Waals surface area contributed by atoms with Gasteiger partial charge >= 0.3 is 0 Å². The lowest BCUT2D eigenvalue weighted by molar-refractivity contribution is -0.131. The van der Waals surface area contributed by atoms with Crippen LogP contribution in [-0.2, 0) is 4.79 Å². The third kappa shape index (κ3) is 2.21. The van der Waals surface area contributed by atoms with Crippen LogP contribution >= 0.6 is 0 Å². The van der Waals surface area contributed by atoms with Crippen molar-refractivity contribution in [3.8, 4) is 0 Å². The van der Waals surface area contributed by atoms with Gasteiger partial charge in [-0.3, -0.25) is 4.79 Å². The van der Waals surface area contributed by atoms with Crippen LogP contribution in [0.25, 0.3) is 0 Å². The highest BCUT2D eigenvalue weighted by molar-refractivity contribution is 5.81. The highest BCUT2D eigenvalue weighted by Crippen LogP contribution is 2.05. The van der Waals surface area contributed by atoms with Crippen LogP contribution in [0.1, 0.15) is 26.2 Å². The molecule has 0 aromatic heterocycles. The third-order valence-corrected chi connectivity index (χ3v) is 2.31. The predicted octanol–water partition coefficient (Wildman–Crippen LogP) is 0.607. The quantitative estimate of drug-likeness (QED) is 0.658. The summed E-state index contributed by atoms with van der Waals surface area (Å²) in [5.74, 6) is 0.259. The van der Waals surface area contributed by atoms with Crippen molar-refractivity contribution in [2.75, 3.05) is 20.1 Å². The molecule has 0 saturated carbocycles. The van der Waals surface area contributed by atoms with E-state index in [0.29, 0.717) is 0 Å². The summed E-state index contributed by atoms with van der Waals surface area (Å²) in [6, 6.07) is 0.0718. The summed E-state index contributed by atoms with van der Waals surface area (Å²) in [4.78, 5) is 13.4. The maximum atomic E-state index is 11.6. The molecule has 1 rings (SSSR count). The van der Waals surface area contributed by atoms with E-state index >= 15 is 0 Å². The first-order chi connectivity index (χ1) is 5.75. The standard InChI is InChI=1S/C9H18N2O/c1-3-5-8-9(12)11(2)7-4-6-10-8/h8,10H,3-7H2,1-2H3.